The van der Waals surface area contributed by atoms with Gasteiger partial charge in [0.25, 0.3) is 0 Å². The van der Waals surface area contributed by atoms with Crippen LogP contribution < -0.4 is 0 Å². The fourth-order valence-electron chi connectivity index (χ4n) is 1.34. The first kappa shape index (κ1) is 8.87. The molecule has 0 aromatic rings. The van der Waals surface area contributed by atoms with Gasteiger partial charge in [-0.25, -0.2) is 4.79 Å². The topological polar surface area (TPSA) is 51.0 Å². The first-order chi connectivity index (χ1) is 6.81. The van der Waals surface area contributed by atoms with Crippen LogP contribution in [0.1, 0.15) is 13.3 Å². The largest absolute Gasteiger partial charge is 0.461 e. The molecule has 4 nitrogen and oxygen atoms in total. The van der Waals surface area contributed by atoms with Gasteiger partial charge >= 0.3 is 5.97 Å². The van der Waals surface area contributed by atoms with E-state index in [9.17, 15) is 4.79 Å². The van der Waals surface area contributed by atoms with Gasteiger partial charge in [0, 0.05) is 30.6 Å². The van der Waals surface area contributed by atoms with Crippen LogP contribution in [0.2, 0.25) is 0 Å². The number of fused-ring (bicyclic) bond motifs is 1. The smallest absolute Gasteiger partial charge is 0.352 e. The molecule has 0 atom stereocenters. The molecule has 0 saturated carbocycles. The Hall–Kier alpha value is -1.71. The Morgan fingerprint density at radius 1 is 1.57 bits per heavy atom. The van der Waals surface area contributed by atoms with E-state index in [0.717, 1.165) is 11.1 Å². The minimum absolute atomic E-state index is 0.337. The fraction of sp³-hybridized carbons (Fsp3) is 0.300. The second-order valence-electron chi connectivity index (χ2n) is 2.99. The van der Waals surface area contributed by atoms with Crippen LogP contribution in [0.3, 0.4) is 0 Å². The van der Waals surface area contributed by atoms with E-state index < -0.39 is 0 Å². The first-order valence-electron chi connectivity index (χ1n) is 4.48. The summed E-state index contributed by atoms with van der Waals surface area (Å²) in [5, 5.41) is 0. The molecular weight excluding hydrogens is 180 g/mol. The summed E-state index contributed by atoms with van der Waals surface area (Å²) in [7, 11) is 0. The highest BCUT2D eigenvalue weighted by Gasteiger charge is 2.20. The quantitative estimate of drug-likeness (QED) is 0.615. The molecule has 0 bridgehead atoms. The van der Waals surface area contributed by atoms with Crippen molar-refractivity contribution in [2.45, 2.75) is 13.3 Å². The molecule has 0 aliphatic carbocycles. The lowest BCUT2D eigenvalue weighted by Gasteiger charge is -2.10. The lowest BCUT2D eigenvalue weighted by molar-refractivity contribution is -0.135. The molecular formula is C10H10N2O2. The van der Waals surface area contributed by atoms with Gasteiger partial charge in [-0.1, -0.05) is 0 Å². The number of rotatable bonds is 2. The van der Waals surface area contributed by atoms with Gasteiger partial charge in [0.2, 0.25) is 0 Å². The van der Waals surface area contributed by atoms with Crippen molar-refractivity contribution in [3.8, 4) is 0 Å². The summed E-state index contributed by atoms with van der Waals surface area (Å²) in [4.78, 5) is 19.4. The zero-order chi connectivity index (χ0) is 9.97. The van der Waals surface area contributed by atoms with Crippen LogP contribution in [0.15, 0.2) is 33.5 Å². The van der Waals surface area contributed by atoms with Crippen molar-refractivity contribution in [1.82, 2.24) is 0 Å². The molecule has 14 heavy (non-hydrogen) atoms. The molecule has 0 aromatic heterocycles. The molecule has 0 unspecified atom stereocenters. The van der Waals surface area contributed by atoms with E-state index in [1.165, 1.54) is 0 Å². The molecule has 0 fully saturated rings. The minimum atomic E-state index is -0.337. The summed E-state index contributed by atoms with van der Waals surface area (Å²) in [6, 6.07) is 0. The van der Waals surface area contributed by atoms with Gasteiger partial charge in [0.15, 0.2) is 0 Å². The van der Waals surface area contributed by atoms with Crippen molar-refractivity contribution < 1.29 is 9.53 Å². The van der Waals surface area contributed by atoms with E-state index in [-0.39, 0.29) is 5.97 Å². The Kier molecular flexibility index (Phi) is 2.26. The fourth-order valence-corrected chi connectivity index (χ4v) is 1.34. The van der Waals surface area contributed by atoms with Crippen LogP contribution in [0.4, 0.5) is 0 Å². The second kappa shape index (κ2) is 3.57. The molecule has 2 rings (SSSR count). The average Bonchev–Trinajstić information content (AvgIpc) is 2.64. The Bertz CT molecular complexity index is 389. The maximum absolute atomic E-state index is 11.3. The number of carbonyl (C=O) groups excluding carboxylic acids is 1. The molecule has 0 radical (unpaired) electrons. The number of hydrogen-bond donors (Lipinski definition) is 0. The lowest BCUT2D eigenvalue weighted by Crippen LogP contribution is -2.20. The van der Waals surface area contributed by atoms with Crippen LogP contribution in [0, 0.1) is 0 Å². The monoisotopic (exact) mass is 190 g/mol. The molecule has 2 heterocycles. The Morgan fingerprint density at radius 2 is 2.43 bits per heavy atom. The molecule has 2 aliphatic rings. The van der Waals surface area contributed by atoms with Crippen LogP contribution >= 0.6 is 0 Å². The van der Waals surface area contributed by atoms with Crippen molar-refractivity contribution in [2.75, 3.05) is 6.61 Å². The molecule has 0 N–H and O–H groups in total. The van der Waals surface area contributed by atoms with E-state index in [1.807, 2.05) is 0 Å². The number of esters is 1. The maximum atomic E-state index is 11.3. The second-order valence-corrected chi connectivity index (χ2v) is 2.99. The number of hydrogen-bond acceptors (Lipinski definition) is 4. The summed E-state index contributed by atoms with van der Waals surface area (Å²) in [6.07, 6.45) is 5.66. The van der Waals surface area contributed by atoms with Gasteiger partial charge in [0.05, 0.1) is 6.61 Å². The van der Waals surface area contributed by atoms with Gasteiger partial charge in [-0.15, -0.1) is 0 Å². The predicted octanol–water partition coefficient (Wildman–Crippen LogP) is 1.25. The molecule has 0 saturated heterocycles. The Morgan fingerprint density at radius 3 is 3.21 bits per heavy atom. The predicted molar refractivity (Wildman–Crippen MR) is 53.3 cm³/mol. The summed E-state index contributed by atoms with van der Waals surface area (Å²) >= 11 is 0. The van der Waals surface area contributed by atoms with E-state index in [2.05, 4.69) is 9.98 Å². The minimum Gasteiger partial charge on any atom is -0.461 e. The zero-order valence-corrected chi connectivity index (χ0v) is 7.86. The Labute approximate surface area is 81.7 Å². The summed E-state index contributed by atoms with van der Waals surface area (Å²) in [5.74, 6) is -0.337. The Balaban J connectivity index is 2.15. The molecule has 0 spiro atoms. The summed E-state index contributed by atoms with van der Waals surface area (Å²) < 4.78 is 4.86. The molecule has 2 aliphatic heterocycles. The van der Waals surface area contributed by atoms with Crippen molar-refractivity contribution >= 4 is 17.9 Å². The molecule has 4 heteroatoms. The third-order valence-corrected chi connectivity index (χ3v) is 2.04. The number of ether oxygens (including phenoxy) is 1. The normalized spacial score (nSPS) is 18.2. The van der Waals surface area contributed by atoms with E-state index in [1.54, 1.807) is 25.5 Å². The van der Waals surface area contributed by atoms with Gasteiger partial charge in [-0.2, -0.15) is 0 Å². The van der Waals surface area contributed by atoms with Crippen molar-refractivity contribution in [3.63, 3.8) is 0 Å². The highest BCUT2D eigenvalue weighted by molar-refractivity contribution is 6.37. The third kappa shape index (κ3) is 1.51. The van der Waals surface area contributed by atoms with Crippen LogP contribution in [0.5, 0.6) is 0 Å². The lowest BCUT2D eigenvalue weighted by atomic mass is 10.0. The number of nitrogens with zero attached hydrogens (tertiary/aromatic N) is 2. The highest BCUT2D eigenvalue weighted by atomic mass is 16.5. The van der Waals surface area contributed by atoms with Gasteiger partial charge in [-0.3, -0.25) is 9.98 Å². The molecule has 72 valence electrons. The van der Waals surface area contributed by atoms with Gasteiger partial charge < -0.3 is 4.74 Å². The van der Waals surface area contributed by atoms with E-state index in [0.29, 0.717) is 18.7 Å². The van der Waals surface area contributed by atoms with Crippen LogP contribution in [0.25, 0.3) is 0 Å². The third-order valence-electron chi connectivity index (χ3n) is 2.04. The standard InChI is InChI=1S/C10H10N2O2/c1-2-14-10(13)9-3-7-4-11-5-8(7)6-12-9/h4-6H,2-3H2,1H3. The van der Waals surface area contributed by atoms with E-state index in [4.69, 9.17) is 4.74 Å². The number of carbonyl (C=O) groups is 1. The van der Waals surface area contributed by atoms with Crippen LogP contribution in [-0.4, -0.2) is 24.5 Å². The molecule has 0 amide bonds. The summed E-state index contributed by atoms with van der Waals surface area (Å²) in [6.45, 7) is 2.16. The zero-order valence-electron chi connectivity index (χ0n) is 7.86. The highest BCUT2D eigenvalue weighted by Crippen LogP contribution is 2.22. The van der Waals surface area contributed by atoms with Gasteiger partial charge in [0.1, 0.15) is 5.71 Å². The van der Waals surface area contributed by atoms with Crippen molar-refractivity contribution in [3.05, 3.63) is 23.5 Å². The number of aliphatic imine (C=N–C) groups is 2. The van der Waals surface area contributed by atoms with Crippen LogP contribution in [-0.2, 0) is 9.53 Å². The van der Waals surface area contributed by atoms with Gasteiger partial charge in [-0.05, 0) is 12.5 Å². The molecule has 0 aromatic carbocycles. The summed E-state index contributed by atoms with van der Waals surface area (Å²) in [5.41, 5.74) is 2.47. The first-order valence-corrected chi connectivity index (χ1v) is 4.48. The van der Waals surface area contributed by atoms with Crippen molar-refractivity contribution in [1.29, 1.82) is 0 Å². The maximum Gasteiger partial charge on any atom is 0.352 e. The SMILES string of the molecule is CCOC(=O)C1=NC=C2C=NC=C2C1. The van der Waals surface area contributed by atoms with E-state index >= 15 is 0 Å². The number of allylic oxidation sites excluding steroid dienone is 2. The average molecular weight is 190 g/mol. The van der Waals surface area contributed by atoms with Crippen molar-refractivity contribution in [2.24, 2.45) is 9.98 Å².